The van der Waals surface area contributed by atoms with Gasteiger partial charge in [0, 0.05) is 18.3 Å². The molecule has 2 aromatic rings. The van der Waals surface area contributed by atoms with Gasteiger partial charge in [0.2, 0.25) is 10.0 Å². The van der Waals surface area contributed by atoms with E-state index in [2.05, 4.69) is 9.71 Å². The maximum atomic E-state index is 13.2. The molecule has 2 atom stereocenters. The molecule has 0 aliphatic carbocycles. The Morgan fingerprint density at radius 1 is 1.08 bits per heavy atom. The van der Waals surface area contributed by atoms with Crippen LogP contribution in [0, 0.1) is 33.6 Å². The standard InChI is InChI=1S/C20H26N2O3S/c1-13-9-14(2)16(4)20(15(13)3)26(23,24)22-19-12-25-11-18(19)10-17-5-7-21-8-6-17/h5-9,18-19,22H,10-12H2,1-4H3/t18-,19+/m1/s1. The molecule has 0 spiro atoms. The second kappa shape index (κ2) is 7.47. The van der Waals surface area contributed by atoms with Crippen molar-refractivity contribution in [1.82, 2.24) is 9.71 Å². The molecule has 1 aliphatic heterocycles. The third-order valence-electron chi connectivity index (χ3n) is 5.32. The number of sulfonamides is 1. The SMILES string of the molecule is Cc1cc(C)c(C)c(S(=O)(=O)N[C@H]2COC[C@H]2Cc2ccncc2)c1C. The van der Waals surface area contributed by atoms with Gasteiger partial charge in [0.1, 0.15) is 0 Å². The summed E-state index contributed by atoms with van der Waals surface area (Å²) < 4.78 is 34.8. The predicted octanol–water partition coefficient (Wildman–Crippen LogP) is 2.85. The number of pyridine rings is 1. The Hall–Kier alpha value is -1.76. The molecule has 3 rings (SSSR count). The summed E-state index contributed by atoms with van der Waals surface area (Å²) in [5.74, 6) is 0.110. The van der Waals surface area contributed by atoms with Crippen molar-refractivity contribution < 1.29 is 13.2 Å². The van der Waals surface area contributed by atoms with Gasteiger partial charge in [-0.15, -0.1) is 0 Å². The number of rotatable bonds is 5. The summed E-state index contributed by atoms with van der Waals surface area (Å²) in [6.45, 7) is 8.60. The van der Waals surface area contributed by atoms with Gasteiger partial charge in [-0.3, -0.25) is 4.98 Å². The van der Waals surface area contributed by atoms with Crippen molar-refractivity contribution in [1.29, 1.82) is 0 Å². The van der Waals surface area contributed by atoms with Crippen molar-refractivity contribution in [3.05, 3.63) is 58.4 Å². The van der Waals surface area contributed by atoms with E-state index in [1.165, 1.54) is 0 Å². The second-order valence-corrected chi connectivity index (χ2v) is 8.83. The molecule has 1 N–H and O–H groups in total. The number of hydrogen-bond donors (Lipinski definition) is 1. The lowest BCUT2D eigenvalue weighted by Gasteiger charge is -2.22. The minimum absolute atomic E-state index is 0.110. The average molecular weight is 375 g/mol. The van der Waals surface area contributed by atoms with Gasteiger partial charge in [0.25, 0.3) is 0 Å². The first kappa shape index (κ1) is 19.0. The van der Waals surface area contributed by atoms with E-state index in [9.17, 15) is 8.42 Å². The Balaban J connectivity index is 1.85. The summed E-state index contributed by atoms with van der Waals surface area (Å²) >= 11 is 0. The molecule has 6 heteroatoms. The Bertz CT molecular complexity index is 869. The zero-order valence-corrected chi connectivity index (χ0v) is 16.6. The van der Waals surface area contributed by atoms with E-state index in [0.29, 0.717) is 18.1 Å². The van der Waals surface area contributed by atoms with Crippen molar-refractivity contribution in [2.24, 2.45) is 5.92 Å². The summed E-state index contributed by atoms with van der Waals surface area (Å²) in [5.41, 5.74) is 4.74. The first-order chi connectivity index (χ1) is 12.3. The molecule has 1 aromatic heterocycles. The fourth-order valence-corrected chi connectivity index (χ4v) is 5.50. The van der Waals surface area contributed by atoms with Crippen LogP contribution >= 0.6 is 0 Å². The molecule has 0 radical (unpaired) electrons. The first-order valence-electron chi connectivity index (χ1n) is 8.86. The normalized spacial score (nSPS) is 20.5. The Kier molecular flexibility index (Phi) is 5.46. The second-order valence-electron chi connectivity index (χ2n) is 7.17. The molecule has 0 bridgehead atoms. The maximum absolute atomic E-state index is 13.2. The molecule has 140 valence electrons. The van der Waals surface area contributed by atoms with Gasteiger partial charge in [-0.2, -0.15) is 0 Å². The molecule has 2 heterocycles. The van der Waals surface area contributed by atoms with Crippen molar-refractivity contribution in [2.75, 3.05) is 13.2 Å². The number of aromatic nitrogens is 1. The quantitative estimate of drug-likeness (QED) is 0.874. The number of nitrogens with zero attached hydrogens (tertiary/aromatic N) is 1. The van der Waals surface area contributed by atoms with E-state index in [-0.39, 0.29) is 12.0 Å². The van der Waals surface area contributed by atoms with Gasteiger partial charge in [0.05, 0.1) is 24.2 Å². The molecule has 0 amide bonds. The van der Waals surface area contributed by atoms with Crippen LogP contribution in [-0.2, 0) is 21.2 Å². The Labute approximate surface area is 155 Å². The number of ether oxygens (including phenoxy) is 1. The molecule has 1 aliphatic rings. The lowest BCUT2D eigenvalue weighted by Crippen LogP contribution is -2.41. The van der Waals surface area contributed by atoms with E-state index in [4.69, 9.17) is 4.74 Å². The van der Waals surface area contributed by atoms with Crippen molar-refractivity contribution >= 4 is 10.0 Å². The average Bonchev–Trinajstić information content (AvgIpc) is 3.00. The molecular formula is C20H26N2O3S. The highest BCUT2D eigenvalue weighted by Crippen LogP contribution is 2.28. The predicted molar refractivity (Wildman–Crippen MR) is 102 cm³/mol. The molecule has 5 nitrogen and oxygen atoms in total. The van der Waals surface area contributed by atoms with Crippen LogP contribution in [0.4, 0.5) is 0 Å². The van der Waals surface area contributed by atoms with Crippen molar-refractivity contribution in [2.45, 2.75) is 45.1 Å². The zero-order chi connectivity index (χ0) is 18.9. The lowest BCUT2D eigenvalue weighted by atomic mass is 9.96. The minimum atomic E-state index is -3.62. The number of benzene rings is 1. The van der Waals surface area contributed by atoms with E-state index in [0.717, 1.165) is 34.2 Å². The van der Waals surface area contributed by atoms with Crippen LogP contribution in [0.5, 0.6) is 0 Å². The molecule has 26 heavy (non-hydrogen) atoms. The third kappa shape index (κ3) is 3.82. The van der Waals surface area contributed by atoms with Gasteiger partial charge in [-0.05, 0) is 74.1 Å². The van der Waals surface area contributed by atoms with Gasteiger partial charge >= 0.3 is 0 Å². The minimum Gasteiger partial charge on any atom is -0.379 e. The summed E-state index contributed by atoms with van der Waals surface area (Å²) in [6.07, 6.45) is 4.28. The summed E-state index contributed by atoms with van der Waals surface area (Å²) in [5, 5.41) is 0. The van der Waals surface area contributed by atoms with Crippen LogP contribution in [-0.4, -0.2) is 32.7 Å². The maximum Gasteiger partial charge on any atom is 0.241 e. The van der Waals surface area contributed by atoms with Crippen molar-refractivity contribution in [3.8, 4) is 0 Å². The van der Waals surface area contributed by atoms with Crippen LogP contribution in [0.3, 0.4) is 0 Å². The molecule has 1 saturated heterocycles. The monoisotopic (exact) mass is 374 g/mol. The topological polar surface area (TPSA) is 68.3 Å². The largest absolute Gasteiger partial charge is 0.379 e. The van der Waals surface area contributed by atoms with Crippen molar-refractivity contribution in [3.63, 3.8) is 0 Å². The van der Waals surface area contributed by atoms with Gasteiger partial charge in [-0.1, -0.05) is 6.07 Å². The van der Waals surface area contributed by atoms with Crippen LogP contribution in [0.15, 0.2) is 35.5 Å². The molecule has 0 unspecified atom stereocenters. The molecular weight excluding hydrogens is 348 g/mol. The summed E-state index contributed by atoms with van der Waals surface area (Å²) in [6, 6.07) is 5.73. The molecule has 0 saturated carbocycles. The summed E-state index contributed by atoms with van der Waals surface area (Å²) in [7, 11) is -3.62. The third-order valence-corrected chi connectivity index (χ3v) is 7.08. The fourth-order valence-electron chi connectivity index (χ4n) is 3.59. The number of hydrogen-bond acceptors (Lipinski definition) is 4. The number of nitrogens with one attached hydrogen (secondary N) is 1. The van der Waals surface area contributed by atoms with E-state index in [1.807, 2.05) is 45.9 Å². The highest BCUT2D eigenvalue weighted by molar-refractivity contribution is 7.89. The first-order valence-corrected chi connectivity index (χ1v) is 10.3. The Morgan fingerprint density at radius 3 is 2.31 bits per heavy atom. The molecule has 1 aromatic carbocycles. The number of aryl methyl sites for hydroxylation is 2. The van der Waals surface area contributed by atoms with Crippen LogP contribution in [0.25, 0.3) is 0 Å². The van der Waals surface area contributed by atoms with Gasteiger partial charge < -0.3 is 4.74 Å². The lowest BCUT2D eigenvalue weighted by molar-refractivity contribution is 0.183. The smallest absolute Gasteiger partial charge is 0.241 e. The zero-order valence-electron chi connectivity index (χ0n) is 15.7. The van der Waals surface area contributed by atoms with Crippen LogP contribution in [0.2, 0.25) is 0 Å². The van der Waals surface area contributed by atoms with E-state index >= 15 is 0 Å². The van der Waals surface area contributed by atoms with E-state index < -0.39 is 10.0 Å². The highest BCUT2D eigenvalue weighted by atomic mass is 32.2. The fraction of sp³-hybridized carbons (Fsp3) is 0.450. The van der Waals surface area contributed by atoms with Crippen LogP contribution in [0.1, 0.15) is 27.8 Å². The van der Waals surface area contributed by atoms with Crippen LogP contribution < -0.4 is 4.72 Å². The highest BCUT2D eigenvalue weighted by Gasteiger charge is 2.33. The Morgan fingerprint density at radius 2 is 1.69 bits per heavy atom. The van der Waals surface area contributed by atoms with E-state index in [1.54, 1.807) is 12.4 Å². The molecule has 1 fully saturated rings. The van der Waals surface area contributed by atoms with Gasteiger partial charge in [0.15, 0.2) is 0 Å². The van der Waals surface area contributed by atoms with Gasteiger partial charge in [-0.25, -0.2) is 13.1 Å². The summed E-state index contributed by atoms with van der Waals surface area (Å²) in [4.78, 5) is 4.44.